The van der Waals surface area contributed by atoms with Crippen molar-refractivity contribution in [2.75, 3.05) is 23.7 Å². The fraction of sp³-hybridized carbons (Fsp3) is 0.440. The van der Waals surface area contributed by atoms with E-state index < -0.39 is 28.5 Å². The van der Waals surface area contributed by atoms with Crippen LogP contribution in [0.5, 0.6) is 0 Å². The molecule has 7 nitrogen and oxygen atoms in total. The summed E-state index contributed by atoms with van der Waals surface area (Å²) in [6.45, 7) is 7.24. The fourth-order valence-electron chi connectivity index (χ4n) is 3.57. The Balaban J connectivity index is 2.45. The van der Waals surface area contributed by atoms with E-state index in [-0.39, 0.29) is 12.5 Å². The number of rotatable bonds is 11. The molecule has 0 radical (unpaired) electrons. The quantitative estimate of drug-likeness (QED) is 0.417. The van der Waals surface area contributed by atoms with Gasteiger partial charge in [0.25, 0.3) is 0 Å². The number of aryl methyl sites for hydroxylation is 1. The average Bonchev–Trinajstić information content (AvgIpc) is 2.78. The van der Waals surface area contributed by atoms with Gasteiger partial charge >= 0.3 is 0 Å². The number of amides is 2. The maximum atomic E-state index is 13.6. The summed E-state index contributed by atoms with van der Waals surface area (Å²) in [6.07, 6.45) is 2.77. The molecule has 2 aromatic rings. The average molecular weight is 543 g/mol. The highest BCUT2D eigenvalue weighted by molar-refractivity contribution is 7.92. The Morgan fingerprint density at radius 1 is 1.06 bits per heavy atom. The SMILES string of the molecule is CCCCNC(=O)[C@H](C)N(Cc1c(Cl)cccc1Cl)C(=O)CN(c1cccc(C)c1C)S(C)(=O)=O. The van der Waals surface area contributed by atoms with Crippen molar-refractivity contribution in [3.05, 3.63) is 63.1 Å². The Morgan fingerprint density at radius 2 is 1.66 bits per heavy atom. The van der Waals surface area contributed by atoms with Crippen LogP contribution in [-0.2, 0) is 26.2 Å². The fourth-order valence-corrected chi connectivity index (χ4v) is 4.99. The van der Waals surface area contributed by atoms with Crippen LogP contribution in [-0.4, -0.2) is 50.5 Å². The first-order chi connectivity index (χ1) is 16.4. The van der Waals surface area contributed by atoms with Crippen LogP contribution in [0.1, 0.15) is 43.4 Å². The number of unbranched alkanes of at least 4 members (excludes halogenated alkanes) is 1. The van der Waals surface area contributed by atoms with Gasteiger partial charge in [-0.15, -0.1) is 0 Å². The zero-order chi connectivity index (χ0) is 26.3. The zero-order valence-corrected chi connectivity index (χ0v) is 23.1. The van der Waals surface area contributed by atoms with Crippen molar-refractivity contribution in [3.8, 4) is 0 Å². The smallest absolute Gasteiger partial charge is 0.244 e. The van der Waals surface area contributed by atoms with Crippen molar-refractivity contribution >= 4 is 50.7 Å². The molecule has 0 saturated carbocycles. The Labute approximate surface area is 218 Å². The minimum Gasteiger partial charge on any atom is -0.354 e. The van der Waals surface area contributed by atoms with Crippen molar-refractivity contribution < 1.29 is 18.0 Å². The number of anilines is 1. The van der Waals surface area contributed by atoms with Crippen LogP contribution < -0.4 is 9.62 Å². The van der Waals surface area contributed by atoms with Gasteiger partial charge in [0, 0.05) is 28.7 Å². The van der Waals surface area contributed by atoms with Crippen molar-refractivity contribution in [2.24, 2.45) is 0 Å². The first-order valence-corrected chi connectivity index (χ1v) is 14.0. The molecular weight excluding hydrogens is 509 g/mol. The Hall–Kier alpha value is -2.29. The van der Waals surface area contributed by atoms with Crippen molar-refractivity contribution in [3.63, 3.8) is 0 Å². The van der Waals surface area contributed by atoms with E-state index in [0.29, 0.717) is 27.8 Å². The predicted octanol–water partition coefficient (Wildman–Crippen LogP) is 4.71. The predicted molar refractivity (Wildman–Crippen MR) is 142 cm³/mol. The molecule has 0 aromatic heterocycles. The largest absolute Gasteiger partial charge is 0.354 e. The molecule has 35 heavy (non-hydrogen) atoms. The number of halogens is 2. The van der Waals surface area contributed by atoms with E-state index in [0.717, 1.165) is 34.5 Å². The maximum absolute atomic E-state index is 13.6. The summed E-state index contributed by atoms with van der Waals surface area (Å²) in [5.41, 5.74) is 2.54. The van der Waals surface area contributed by atoms with Crippen molar-refractivity contribution in [1.82, 2.24) is 10.2 Å². The van der Waals surface area contributed by atoms with E-state index in [4.69, 9.17) is 23.2 Å². The molecule has 0 unspecified atom stereocenters. The molecule has 1 N–H and O–H groups in total. The Morgan fingerprint density at radius 3 is 2.23 bits per heavy atom. The molecule has 0 aliphatic carbocycles. The maximum Gasteiger partial charge on any atom is 0.244 e. The standard InChI is InChI=1S/C25H33Cl2N3O4S/c1-6-7-14-28-25(32)19(4)29(15-20-21(26)11-9-12-22(20)27)24(31)16-30(35(5,33)34)23-13-8-10-17(2)18(23)3/h8-13,19H,6-7,14-16H2,1-5H3,(H,28,32)/t19-/m0/s1. The third-order valence-electron chi connectivity index (χ3n) is 5.91. The molecule has 2 aromatic carbocycles. The van der Waals surface area contributed by atoms with Crippen LogP contribution in [0.3, 0.4) is 0 Å². The lowest BCUT2D eigenvalue weighted by Crippen LogP contribution is -2.51. The summed E-state index contributed by atoms with van der Waals surface area (Å²) < 4.78 is 26.5. The normalized spacial score (nSPS) is 12.2. The van der Waals surface area contributed by atoms with E-state index in [2.05, 4.69) is 5.32 Å². The highest BCUT2D eigenvalue weighted by Gasteiger charge is 2.31. The van der Waals surface area contributed by atoms with Gasteiger partial charge < -0.3 is 10.2 Å². The van der Waals surface area contributed by atoms with Crippen LogP contribution in [0.25, 0.3) is 0 Å². The van der Waals surface area contributed by atoms with Crippen LogP contribution in [0.2, 0.25) is 10.0 Å². The first kappa shape index (κ1) is 28.9. The number of hydrogen-bond donors (Lipinski definition) is 1. The summed E-state index contributed by atoms with van der Waals surface area (Å²) in [5.74, 6) is -0.891. The molecule has 0 fully saturated rings. The van der Waals surface area contributed by atoms with E-state index in [1.165, 1.54) is 4.90 Å². The number of benzene rings is 2. The van der Waals surface area contributed by atoms with Gasteiger partial charge in [0.1, 0.15) is 12.6 Å². The summed E-state index contributed by atoms with van der Waals surface area (Å²) in [5, 5.41) is 3.54. The Kier molecular flexibility index (Phi) is 10.4. The number of sulfonamides is 1. The third-order valence-corrected chi connectivity index (χ3v) is 7.75. The van der Waals surface area contributed by atoms with Crippen molar-refractivity contribution in [1.29, 1.82) is 0 Å². The summed E-state index contributed by atoms with van der Waals surface area (Å²) >= 11 is 12.7. The van der Waals surface area contributed by atoms with Crippen LogP contribution >= 0.6 is 23.2 Å². The molecule has 0 bridgehead atoms. The van der Waals surface area contributed by atoms with E-state index in [1.54, 1.807) is 44.2 Å². The highest BCUT2D eigenvalue weighted by atomic mass is 35.5. The zero-order valence-electron chi connectivity index (χ0n) is 20.8. The second-order valence-corrected chi connectivity index (χ2v) is 11.3. The molecule has 0 aliphatic rings. The third kappa shape index (κ3) is 7.59. The van der Waals surface area contributed by atoms with Crippen LogP contribution in [0.15, 0.2) is 36.4 Å². The molecule has 0 heterocycles. The first-order valence-electron chi connectivity index (χ1n) is 11.4. The molecule has 192 valence electrons. The van der Waals surface area contributed by atoms with Gasteiger partial charge in [-0.2, -0.15) is 0 Å². The summed E-state index contributed by atoms with van der Waals surface area (Å²) in [7, 11) is -3.81. The van der Waals surface area contributed by atoms with E-state index in [1.807, 2.05) is 19.9 Å². The second kappa shape index (κ2) is 12.6. The molecule has 0 aliphatic heterocycles. The minimum absolute atomic E-state index is 0.0515. The van der Waals surface area contributed by atoms with E-state index in [9.17, 15) is 18.0 Å². The van der Waals surface area contributed by atoms with Gasteiger partial charge in [0.2, 0.25) is 21.8 Å². The molecule has 1 atom stereocenters. The van der Waals surface area contributed by atoms with Gasteiger partial charge in [0.15, 0.2) is 0 Å². The summed E-state index contributed by atoms with van der Waals surface area (Å²) in [6, 6.07) is 9.37. The lowest BCUT2D eigenvalue weighted by molar-refractivity contribution is -0.139. The number of nitrogens with zero attached hydrogens (tertiary/aromatic N) is 2. The monoisotopic (exact) mass is 541 g/mol. The van der Waals surface area contributed by atoms with Gasteiger partial charge in [-0.05, 0) is 56.5 Å². The van der Waals surface area contributed by atoms with Crippen LogP contribution in [0, 0.1) is 13.8 Å². The van der Waals surface area contributed by atoms with Gasteiger partial charge in [-0.1, -0.05) is 54.7 Å². The van der Waals surface area contributed by atoms with E-state index >= 15 is 0 Å². The molecule has 10 heteroatoms. The van der Waals surface area contributed by atoms with Gasteiger partial charge in [-0.25, -0.2) is 8.42 Å². The second-order valence-electron chi connectivity index (χ2n) is 8.53. The number of carbonyl (C=O) groups is 2. The Bertz CT molecular complexity index is 1150. The lowest BCUT2D eigenvalue weighted by atomic mass is 10.1. The van der Waals surface area contributed by atoms with Crippen molar-refractivity contribution in [2.45, 2.75) is 53.1 Å². The summed E-state index contributed by atoms with van der Waals surface area (Å²) in [4.78, 5) is 27.8. The highest BCUT2D eigenvalue weighted by Crippen LogP contribution is 2.28. The molecule has 2 amide bonds. The lowest BCUT2D eigenvalue weighted by Gasteiger charge is -2.32. The van der Waals surface area contributed by atoms with Gasteiger partial charge in [-0.3, -0.25) is 13.9 Å². The molecular formula is C25H33Cl2N3O4S. The topological polar surface area (TPSA) is 86.8 Å². The molecule has 0 spiro atoms. The van der Waals surface area contributed by atoms with Crippen LogP contribution in [0.4, 0.5) is 5.69 Å². The van der Waals surface area contributed by atoms with Gasteiger partial charge in [0.05, 0.1) is 11.9 Å². The molecule has 0 saturated heterocycles. The minimum atomic E-state index is -3.81. The molecule has 2 rings (SSSR count). The number of hydrogen-bond acceptors (Lipinski definition) is 4. The number of nitrogens with one attached hydrogen (secondary N) is 1. The number of carbonyl (C=O) groups excluding carboxylic acids is 2.